The molecule has 1 rings (SSSR count). The molecule has 1 unspecified atom stereocenters. The number of nitrogens with one attached hydrogen (secondary N) is 1. The highest BCUT2D eigenvalue weighted by atomic mass is 32.2. The molecule has 1 aliphatic heterocycles. The van der Waals surface area contributed by atoms with Gasteiger partial charge < -0.3 is 4.90 Å². The van der Waals surface area contributed by atoms with Gasteiger partial charge in [-0.15, -0.1) is 0 Å². The summed E-state index contributed by atoms with van der Waals surface area (Å²) in [4.78, 5) is 13.7. The van der Waals surface area contributed by atoms with E-state index in [0.717, 1.165) is 38.2 Å². The van der Waals surface area contributed by atoms with E-state index in [1.807, 2.05) is 4.90 Å². The third-order valence-corrected chi connectivity index (χ3v) is 3.14. The zero-order chi connectivity index (χ0) is 10.4. The standard InChI is InChI=1S/C10H20N2OS/c1-3-4-5-9-10(13)12(8-11-9)6-7-14-2/h9,11H,3-8H2,1-2H3. The van der Waals surface area contributed by atoms with Crippen molar-refractivity contribution in [3.63, 3.8) is 0 Å². The molecule has 0 aromatic heterocycles. The van der Waals surface area contributed by atoms with Gasteiger partial charge in [0, 0.05) is 12.3 Å². The lowest BCUT2D eigenvalue weighted by Gasteiger charge is -2.14. The van der Waals surface area contributed by atoms with Crippen LogP contribution in [0.1, 0.15) is 26.2 Å². The molecule has 3 nitrogen and oxygen atoms in total. The van der Waals surface area contributed by atoms with Crippen LogP contribution in [0.5, 0.6) is 0 Å². The van der Waals surface area contributed by atoms with Crippen molar-refractivity contribution in [1.82, 2.24) is 10.2 Å². The third-order valence-electron chi connectivity index (χ3n) is 2.55. The maximum Gasteiger partial charge on any atom is 0.240 e. The van der Waals surface area contributed by atoms with Gasteiger partial charge in [0.1, 0.15) is 0 Å². The molecule has 0 aliphatic carbocycles. The Morgan fingerprint density at radius 1 is 1.64 bits per heavy atom. The van der Waals surface area contributed by atoms with Crippen LogP contribution in [0.3, 0.4) is 0 Å². The Labute approximate surface area is 90.6 Å². The van der Waals surface area contributed by atoms with Crippen LogP contribution < -0.4 is 5.32 Å². The molecule has 0 spiro atoms. The maximum absolute atomic E-state index is 11.8. The van der Waals surface area contributed by atoms with E-state index in [4.69, 9.17) is 0 Å². The largest absolute Gasteiger partial charge is 0.328 e. The Morgan fingerprint density at radius 3 is 3.07 bits per heavy atom. The minimum Gasteiger partial charge on any atom is -0.328 e. The topological polar surface area (TPSA) is 32.3 Å². The molecule has 1 amide bonds. The van der Waals surface area contributed by atoms with Crippen LogP contribution in [-0.4, -0.2) is 42.1 Å². The summed E-state index contributed by atoms with van der Waals surface area (Å²) in [5.41, 5.74) is 0. The number of unbranched alkanes of at least 4 members (excludes halogenated alkanes) is 1. The van der Waals surface area contributed by atoms with Gasteiger partial charge in [0.15, 0.2) is 0 Å². The summed E-state index contributed by atoms with van der Waals surface area (Å²) in [5, 5.41) is 3.27. The second-order valence-corrected chi connectivity index (χ2v) is 4.64. The van der Waals surface area contributed by atoms with Crippen molar-refractivity contribution in [2.75, 3.05) is 25.2 Å². The summed E-state index contributed by atoms with van der Waals surface area (Å²) in [6.45, 7) is 3.79. The number of hydrogen-bond donors (Lipinski definition) is 1. The number of hydrogen-bond acceptors (Lipinski definition) is 3. The summed E-state index contributed by atoms with van der Waals surface area (Å²) in [6.07, 6.45) is 5.36. The van der Waals surface area contributed by atoms with E-state index in [9.17, 15) is 4.79 Å². The molecule has 1 atom stereocenters. The van der Waals surface area contributed by atoms with Crippen LogP contribution in [0.15, 0.2) is 0 Å². The van der Waals surface area contributed by atoms with Crippen molar-refractivity contribution >= 4 is 17.7 Å². The quantitative estimate of drug-likeness (QED) is 0.726. The molecule has 82 valence electrons. The number of rotatable bonds is 6. The van der Waals surface area contributed by atoms with Crippen molar-refractivity contribution in [2.45, 2.75) is 32.2 Å². The molecule has 1 fully saturated rings. The lowest BCUT2D eigenvalue weighted by Crippen LogP contribution is -2.31. The normalized spacial score (nSPS) is 22.0. The second kappa shape index (κ2) is 6.30. The summed E-state index contributed by atoms with van der Waals surface area (Å²) in [7, 11) is 0. The number of thioether (sulfide) groups is 1. The molecule has 0 bridgehead atoms. The average molecular weight is 216 g/mol. The van der Waals surface area contributed by atoms with E-state index in [1.165, 1.54) is 0 Å². The first-order valence-corrected chi connectivity index (χ1v) is 6.70. The Balaban J connectivity index is 2.28. The fraction of sp³-hybridized carbons (Fsp3) is 0.900. The van der Waals surface area contributed by atoms with Crippen molar-refractivity contribution in [1.29, 1.82) is 0 Å². The van der Waals surface area contributed by atoms with Crippen molar-refractivity contribution in [2.24, 2.45) is 0 Å². The van der Waals surface area contributed by atoms with E-state index < -0.39 is 0 Å². The molecule has 1 N–H and O–H groups in total. The van der Waals surface area contributed by atoms with Crippen LogP contribution >= 0.6 is 11.8 Å². The molecule has 0 aromatic carbocycles. The number of nitrogens with zero attached hydrogens (tertiary/aromatic N) is 1. The molecular formula is C10H20N2OS. The first-order chi connectivity index (χ1) is 6.79. The zero-order valence-electron chi connectivity index (χ0n) is 9.08. The van der Waals surface area contributed by atoms with Gasteiger partial charge in [-0.1, -0.05) is 19.8 Å². The van der Waals surface area contributed by atoms with Crippen molar-refractivity contribution in [3.8, 4) is 0 Å². The Bertz CT molecular complexity index is 169. The van der Waals surface area contributed by atoms with Crippen LogP contribution in [0, 0.1) is 0 Å². The smallest absolute Gasteiger partial charge is 0.240 e. The Kier molecular flexibility index (Phi) is 5.33. The van der Waals surface area contributed by atoms with E-state index >= 15 is 0 Å². The number of carbonyl (C=O) groups excluding carboxylic acids is 1. The average Bonchev–Trinajstić information content (AvgIpc) is 2.54. The van der Waals surface area contributed by atoms with Gasteiger partial charge in [0.25, 0.3) is 0 Å². The summed E-state index contributed by atoms with van der Waals surface area (Å²) < 4.78 is 0. The monoisotopic (exact) mass is 216 g/mol. The molecule has 0 aromatic rings. The fourth-order valence-electron chi connectivity index (χ4n) is 1.63. The molecule has 14 heavy (non-hydrogen) atoms. The molecule has 1 heterocycles. The summed E-state index contributed by atoms with van der Waals surface area (Å²) in [6, 6.07) is 0.0943. The van der Waals surface area contributed by atoms with Crippen molar-refractivity contribution in [3.05, 3.63) is 0 Å². The van der Waals surface area contributed by atoms with Crippen LogP contribution in [0.4, 0.5) is 0 Å². The lowest BCUT2D eigenvalue weighted by molar-refractivity contribution is -0.128. The SMILES string of the molecule is CCCCC1NCN(CCSC)C1=O. The van der Waals surface area contributed by atoms with Gasteiger partial charge in [-0.2, -0.15) is 11.8 Å². The fourth-order valence-corrected chi connectivity index (χ4v) is 2.03. The lowest BCUT2D eigenvalue weighted by atomic mass is 10.1. The van der Waals surface area contributed by atoms with Gasteiger partial charge in [-0.25, -0.2) is 0 Å². The highest BCUT2D eigenvalue weighted by molar-refractivity contribution is 7.98. The van der Waals surface area contributed by atoms with Gasteiger partial charge in [0.2, 0.25) is 5.91 Å². The molecule has 4 heteroatoms. The Hall–Kier alpha value is -0.220. The van der Waals surface area contributed by atoms with E-state index in [2.05, 4.69) is 18.5 Å². The second-order valence-electron chi connectivity index (χ2n) is 3.65. The number of amides is 1. The highest BCUT2D eigenvalue weighted by Crippen LogP contribution is 2.10. The van der Waals surface area contributed by atoms with Crippen molar-refractivity contribution < 1.29 is 4.79 Å². The summed E-state index contributed by atoms with van der Waals surface area (Å²) in [5.74, 6) is 1.33. The Morgan fingerprint density at radius 2 is 2.43 bits per heavy atom. The predicted octanol–water partition coefficient (Wildman–Crippen LogP) is 1.30. The van der Waals surface area contributed by atoms with E-state index in [-0.39, 0.29) is 6.04 Å². The summed E-state index contributed by atoms with van der Waals surface area (Å²) >= 11 is 1.79. The van der Waals surface area contributed by atoms with Crippen LogP contribution in [0.2, 0.25) is 0 Å². The molecule has 0 saturated carbocycles. The first-order valence-electron chi connectivity index (χ1n) is 5.30. The van der Waals surface area contributed by atoms with E-state index in [1.54, 1.807) is 11.8 Å². The highest BCUT2D eigenvalue weighted by Gasteiger charge is 2.29. The minimum absolute atomic E-state index is 0.0943. The molecule has 1 aliphatic rings. The van der Waals surface area contributed by atoms with Crippen LogP contribution in [0.25, 0.3) is 0 Å². The maximum atomic E-state index is 11.8. The van der Waals surface area contributed by atoms with Gasteiger partial charge >= 0.3 is 0 Å². The zero-order valence-corrected chi connectivity index (χ0v) is 9.90. The molecular weight excluding hydrogens is 196 g/mol. The first kappa shape index (κ1) is 11.9. The van der Waals surface area contributed by atoms with Gasteiger partial charge in [0.05, 0.1) is 12.7 Å². The minimum atomic E-state index is 0.0943. The molecule has 1 saturated heterocycles. The van der Waals surface area contributed by atoms with Crippen LogP contribution in [-0.2, 0) is 4.79 Å². The van der Waals surface area contributed by atoms with E-state index in [0.29, 0.717) is 5.91 Å². The predicted molar refractivity (Wildman–Crippen MR) is 61.4 cm³/mol. The number of carbonyl (C=O) groups is 1. The van der Waals surface area contributed by atoms with Gasteiger partial charge in [-0.3, -0.25) is 10.1 Å². The third kappa shape index (κ3) is 3.17. The molecule has 0 radical (unpaired) electrons. The van der Waals surface area contributed by atoms with Gasteiger partial charge in [-0.05, 0) is 12.7 Å².